The molecule has 0 saturated heterocycles. The van der Waals surface area contributed by atoms with E-state index in [0.29, 0.717) is 33.0 Å². The van der Waals surface area contributed by atoms with Crippen LogP contribution in [0.3, 0.4) is 0 Å². The summed E-state index contributed by atoms with van der Waals surface area (Å²) in [6, 6.07) is 3.31. The number of nitrogens with one attached hydrogen (secondary N) is 1. The van der Waals surface area contributed by atoms with Crippen molar-refractivity contribution in [3.63, 3.8) is 0 Å². The smallest absolute Gasteiger partial charge is 0.313 e. The Morgan fingerprint density at radius 2 is 1.04 bits per heavy atom. The van der Waals surface area contributed by atoms with E-state index in [-0.39, 0.29) is 64.2 Å². The van der Waals surface area contributed by atoms with Gasteiger partial charge in [0.05, 0.1) is 102 Å². The Labute approximate surface area is 264 Å². The molecule has 0 unspecified atom stereocenters. The van der Waals surface area contributed by atoms with Crippen LogP contribution in [0.5, 0.6) is 5.75 Å². The molecule has 2 aromatic carbocycles. The van der Waals surface area contributed by atoms with Crippen LogP contribution >= 0.6 is 0 Å². The number of benzene rings is 2. The minimum Gasteiger partial charge on any atom is -0.420 e. The maximum atomic E-state index is 13.5. The van der Waals surface area contributed by atoms with Crippen molar-refractivity contribution in [3.8, 4) is 5.75 Å². The summed E-state index contributed by atoms with van der Waals surface area (Å²) in [6.45, 7) is 2.69. The van der Waals surface area contributed by atoms with Gasteiger partial charge in [0.25, 0.3) is 11.4 Å². The fraction of sp³-hybridized carbons (Fsp3) is 0.519. The van der Waals surface area contributed by atoms with Crippen LogP contribution in [0.15, 0.2) is 18.2 Å². The van der Waals surface area contributed by atoms with E-state index < -0.39 is 62.8 Å². The summed E-state index contributed by atoms with van der Waals surface area (Å²) in [7, 11) is 0. The van der Waals surface area contributed by atoms with E-state index in [1.165, 1.54) is 12.1 Å². The first-order chi connectivity index (χ1) is 22.5. The van der Waals surface area contributed by atoms with E-state index in [4.69, 9.17) is 28.4 Å². The van der Waals surface area contributed by atoms with Crippen LogP contribution in [0.4, 0.5) is 39.0 Å². The molecule has 2 aromatic rings. The van der Waals surface area contributed by atoms with Crippen LogP contribution in [0, 0.1) is 49.3 Å². The van der Waals surface area contributed by atoms with E-state index in [1.807, 2.05) is 0 Å². The fourth-order valence-corrected chi connectivity index (χ4v) is 3.39. The molecule has 2 rings (SSSR count). The molecular weight excluding hydrogens is 653 g/mol. The molecule has 20 heteroatoms. The molecule has 0 atom stereocenters. The van der Waals surface area contributed by atoms with Gasteiger partial charge in [-0.3, -0.25) is 25.0 Å². The Morgan fingerprint density at radius 1 is 0.617 bits per heavy atom. The second-order valence-corrected chi connectivity index (χ2v) is 8.94. The number of carbonyl (C=O) groups is 1. The van der Waals surface area contributed by atoms with Gasteiger partial charge in [-0.05, 0) is 6.07 Å². The van der Waals surface area contributed by atoms with Gasteiger partial charge >= 0.3 is 5.97 Å². The number of hydrogen-bond donors (Lipinski definition) is 1. The van der Waals surface area contributed by atoms with Gasteiger partial charge in [0.1, 0.15) is 5.69 Å². The number of rotatable bonds is 25. The van der Waals surface area contributed by atoms with Crippen molar-refractivity contribution in [2.75, 3.05) is 91.1 Å². The third-order valence-electron chi connectivity index (χ3n) is 5.65. The van der Waals surface area contributed by atoms with Gasteiger partial charge in [0.15, 0.2) is 0 Å². The lowest BCUT2D eigenvalue weighted by molar-refractivity contribution is -0.393. The molecular formula is C27H32F5N3O12. The number of nitro benzene ring substituents is 2. The number of nitrogens with zero attached hydrogens (tertiary/aromatic N) is 2. The lowest BCUT2D eigenvalue weighted by Crippen LogP contribution is -2.16. The molecule has 0 radical (unpaired) electrons. The van der Waals surface area contributed by atoms with Crippen molar-refractivity contribution in [1.29, 1.82) is 0 Å². The average Bonchev–Trinajstić information content (AvgIpc) is 3.05. The van der Waals surface area contributed by atoms with Gasteiger partial charge < -0.3 is 38.5 Å². The first-order valence-corrected chi connectivity index (χ1v) is 13.9. The Hall–Kier alpha value is -4.08. The van der Waals surface area contributed by atoms with E-state index in [9.17, 15) is 47.0 Å². The maximum Gasteiger partial charge on any atom is 0.313 e. The van der Waals surface area contributed by atoms with Crippen LogP contribution < -0.4 is 10.1 Å². The number of esters is 1. The summed E-state index contributed by atoms with van der Waals surface area (Å²) < 4.78 is 102. The Morgan fingerprint density at radius 3 is 1.49 bits per heavy atom. The number of anilines is 1. The zero-order chi connectivity index (χ0) is 34.6. The summed E-state index contributed by atoms with van der Waals surface area (Å²) >= 11 is 0. The second kappa shape index (κ2) is 21.7. The van der Waals surface area contributed by atoms with E-state index in [1.54, 1.807) is 0 Å². The summed E-state index contributed by atoms with van der Waals surface area (Å²) in [4.78, 5) is 32.1. The molecule has 0 fully saturated rings. The fourth-order valence-electron chi connectivity index (χ4n) is 3.39. The molecule has 0 bridgehead atoms. The topological polar surface area (TPSA) is 180 Å². The van der Waals surface area contributed by atoms with E-state index in [0.717, 1.165) is 6.07 Å². The summed E-state index contributed by atoms with van der Waals surface area (Å²) in [5, 5.41) is 24.7. The number of nitro groups is 2. The quantitative estimate of drug-likeness (QED) is 0.0234. The van der Waals surface area contributed by atoms with Gasteiger partial charge in [-0.2, -0.15) is 8.78 Å². The molecule has 47 heavy (non-hydrogen) atoms. The Balaban J connectivity index is 1.35. The van der Waals surface area contributed by atoms with Crippen LogP contribution in [0.2, 0.25) is 0 Å². The van der Waals surface area contributed by atoms with Crippen molar-refractivity contribution in [2.24, 2.45) is 0 Å². The average molecular weight is 686 g/mol. The second-order valence-electron chi connectivity index (χ2n) is 8.94. The van der Waals surface area contributed by atoms with Gasteiger partial charge in [0.2, 0.25) is 34.8 Å². The van der Waals surface area contributed by atoms with Gasteiger partial charge in [-0.15, -0.1) is 0 Å². The largest absolute Gasteiger partial charge is 0.420 e. The van der Waals surface area contributed by atoms with E-state index in [2.05, 4.69) is 10.1 Å². The molecule has 0 heterocycles. The van der Waals surface area contributed by atoms with Crippen molar-refractivity contribution in [2.45, 2.75) is 6.42 Å². The van der Waals surface area contributed by atoms with Crippen molar-refractivity contribution in [3.05, 3.63) is 67.5 Å². The molecule has 0 aliphatic heterocycles. The zero-order valence-electron chi connectivity index (χ0n) is 24.8. The minimum atomic E-state index is -2.36. The standard InChI is InChI=1S/C27H32F5N3O12/c28-22-23(29)25(31)27(26(32)24(22)30)47-21(36)3-5-41-7-9-43-11-13-45-15-16-46-14-12-44-10-8-42-6-4-33-19-2-1-18(34(37)38)17-20(19)35(39)40/h1-2,17,33H,3-16H2. The molecule has 262 valence electrons. The number of ether oxygens (including phenoxy) is 7. The lowest BCUT2D eigenvalue weighted by atomic mass is 10.2. The van der Waals surface area contributed by atoms with Crippen LogP contribution in [-0.2, 0) is 33.2 Å². The highest BCUT2D eigenvalue weighted by Gasteiger charge is 2.28. The van der Waals surface area contributed by atoms with E-state index >= 15 is 0 Å². The highest BCUT2D eigenvalue weighted by Crippen LogP contribution is 2.30. The van der Waals surface area contributed by atoms with Gasteiger partial charge in [-0.1, -0.05) is 0 Å². The molecule has 1 N–H and O–H groups in total. The molecule has 0 aliphatic rings. The van der Waals surface area contributed by atoms with Crippen LogP contribution in [0.1, 0.15) is 6.42 Å². The number of non-ortho nitro benzene ring substituents is 1. The minimum absolute atomic E-state index is 0.0494. The third-order valence-corrected chi connectivity index (χ3v) is 5.65. The molecule has 0 aliphatic carbocycles. The predicted molar refractivity (Wildman–Crippen MR) is 150 cm³/mol. The summed E-state index contributed by atoms with van der Waals surface area (Å²) in [5.74, 6) is -14.3. The molecule has 0 amide bonds. The zero-order valence-corrected chi connectivity index (χ0v) is 24.8. The Kier molecular flexibility index (Phi) is 18.0. The van der Waals surface area contributed by atoms with Crippen molar-refractivity contribution >= 4 is 23.0 Å². The SMILES string of the molecule is O=C(CCOCCOCCOCCOCCOCCOCCNc1ccc([N+](=O)[O-])cc1[N+](=O)[O-])Oc1c(F)c(F)c(F)c(F)c1F. The highest BCUT2D eigenvalue weighted by molar-refractivity contribution is 5.72. The molecule has 15 nitrogen and oxygen atoms in total. The number of halogens is 5. The first kappa shape index (κ1) is 39.1. The van der Waals surface area contributed by atoms with Crippen LogP contribution in [-0.4, -0.2) is 102 Å². The maximum absolute atomic E-state index is 13.5. The predicted octanol–water partition coefficient (Wildman–Crippen LogP) is 3.71. The monoisotopic (exact) mass is 685 g/mol. The first-order valence-electron chi connectivity index (χ1n) is 13.9. The summed E-state index contributed by atoms with van der Waals surface area (Å²) in [5.41, 5.74) is -0.643. The lowest BCUT2D eigenvalue weighted by Gasteiger charge is -2.09. The number of carbonyl (C=O) groups excluding carboxylic acids is 1. The molecule has 0 saturated carbocycles. The van der Waals surface area contributed by atoms with Gasteiger partial charge in [0, 0.05) is 12.6 Å². The van der Waals surface area contributed by atoms with Crippen molar-refractivity contribution < 1.29 is 69.8 Å². The Bertz CT molecular complexity index is 1300. The molecule has 0 spiro atoms. The van der Waals surface area contributed by atoms with Crippen LogP contribution in [0.25, 0.3) is 0 Å². The normalized spacial score (nSPS) is 11.1. The van der Waals surface area contributed by atoms with Gasteiger partial charge in [-0.25, -0.2) is 13.2 Å². The summed E-state index contributed by atoms with van der Waals surface area (Å²) in [6.07, 6.45) is -0.511. The highest BCUT2D eigenvalue weighted by atomic mass is 19.2. The third kappa shape index (κ3) is 14.1. The van der Waals surface area contributed by atoms with Crippen molar-refractivity contribution in [1.82, 2.24) is 0 Å². The number of hydrogen-bond acceptors (Lipinski definition) is 13. The molecule has 0 aromatic heterocycles.